The summed E-state index contributed by atoms with van der Waals surface area (Å²) in [4.78, 5) is 28.2. The van der Waals surface area contributed by atoms with E-state index in [9.17, 15) is 18.0 Å². The summed E-state index contributed by atoms with van der Waals surface area (Å²) < 4.78 is 28.7. The first-order valence-corrected chi connectivity index (χ1v) is 12.4. The molecule has 0 aliphatic heterocycles. The Morgan fingerprint density at radius 2 is 1.43 bits per heavy atom. The number of benzene rings is 4. The van der Waals surface area contributed by atoms with Crippen molar-refractivity contribution in [1.29, 1.82) is 0 Å². The molecule has 0 spiro atoms. The van der Waals surface area contributed by atoms with Crippen molar-refractivity contribution in [3.05, 3.63) is 125 Å². The highest BCUT2D eigenvalue weighted by Gasteiger charge is 2.19. The summed E-state index contributed by atoms with van der Waals surface area (Å²) in [6, 6.07) is 30.1. The lowest BCUT2D eigenvalue weighted by atomic mass is 10.0. The molecule has 2 N–H and O–H groups in total. The molecule has 35 heavy (non-hydrogen) atoms. The van der Waals surface area contributed by atoms with E-state index in [4.69, 9.17) is 0 Å². The molecule has 0 aliphatic rings. The number of aromatic nitrogens is 2. The van der Waals surface area contributed by atoms with Crippen molar-refractivity contribution in [3.63, 3.8) is 0 Å². The first-order valence-electron chi connectivity index (χ1n) is 10.9. The lowest BCUT2D eigenvalue weighted by Crippen LogP contribution is -2.30. The molecule has 8 heteroatoms. The van der Waals surface area contributed by atoms with Crippen molar-refractivity contribution in [2.75, 3.05) is 0 Å². The number of nitrogens with one attached hydrogen (secondary N) is 2. The number of H-pyrrole nitrogens is 1. The number of hydrogen-bond donors (Lipinski definition) is 2. The SMILES string of the molecule is O=C(NS(=O)(=O)c1ccccc1)c1ccc2[nH]c(=O)n(Cc3ccc(-c4ccccc4)cc3)c2c1. The molecular formula is C27H21N3O4S. The number of carbonyl (C=O) groups is 1. The summed E-state index contributed by atoms with van der Waals surface area (Å²) >= 11 is 0. The van der Waals surface area contributed by atoms with Gasteiger partial charge < -0.3 is 4.98 Å². The van der Waals surface area contributed by atoms with Gasteiger partial charge in [-0.25, -0.2) is 17.9 Å². The summed E-state index contributed by atoms with van der Waals surface area (Å²) in [5.41, 5.74) is 3.95. The minimum Gasteiger partial charge on any atom is -0.306 e. The molecule has 174 valence electrons. The number of hydrogen-bond acceptors (Lipinski definition) is 4. The van der Waals surface area contributed by atoms with Gasteiger partial charge in [0.05, 0.1) is 22.5 Å². The Bertz CT molecular complexity index is 1670. The first kappa shape index (κ1) is 22.4. The van der Waals surface area contributed by atoms with Gasteiger partial charge in [-0.1, -0.05) is 72.8 Å². The Hall–Kier alpha value is -4.43. The van der Waals surface area contributed by atoms with Crippen LogP contribution in [0.3, 0.4) is 0 Å². The Labute approximate surface area is 201 Å². The third kappa shape index (κ3) is 4.64. The number of amides is 1. The number of imidazole rings is 1. The molecule has 0 saturated carbocycles. The normalized spacial score (nSPS) is 11.4. The maximum Gasteiger partial charge on any atom is 0.326 e. The minimum atomic E-state index is -4.02. The zero-order valence-electron chi connectivity index (χ0n) is 18.5. The summed E-state index contributed by atoms with van der Waals surface area (Å²) in [6.07, 6.45) is 0. The molecular weight excluding hydrogens is 462 g/mol. The summed E-state index contributed by atoms with van der Waals surface area (Å²) in [5.74, 6) is -0.775. The molecule has 1 aromatic heterocycles. The maximum atomic E-state index is 12.7. The lowest BCUT2D eigenvalue weighted by molar-refractivity contribution is 0.0981. The summed E-state index contributed by atoms with van der Waals surface area (Å²) in [7, 11) is -4.02. The standard InChI is InChI=1S/C27H21N3O4S/c31-26(29-35(33,34)23-9-5-2-6-10-23)22-15-16-24-25(17-22)30(27(32)28-24)18-19-11-13-21(14-12-19)20-7-3-1-4-8-20/h1-17H,18H2,(H,28,32)(H,29,31). The fraction of sp³-hybridized carbons (Fsp3) is 0.0370. The third-order valence-electron chi connectivity index (χ3n) is 5.72. The van der Waals surface area contributed by atoms with Gasteiger partial charge in [0.15, 0.2) is 0 Å². The highest BCUT2D eigenvalue weighted by molar-refractivity contribution is 7.90. The van der Waals surface area contributed by atoms with Crippen molar-refractivity contribution >= 4 is 27.0 Å². The van der Waals surface area contributed by atoms with E-state index in [0.717, 1.165) is 16.7 Å². The molecule has 0 radical (unpaired) electrons. The number of nitrogens with zero attached hydrogens (tertiary/aromatic N) is 1. The lowest BCUT2D eigenvalue weighted by Gasteiger charge is -2.09. The quantitative estimate of drug-likeness (QED) is 0.379. The van der Waals surface area contributed by atoms with Crippen LogP contribution >= 0.6 is 0 Å². The van der Waals surface area contributed by atoms with Gasteiger partial charge in [-0.15, -0.1) is 0 Å². The second kappa shape index (κ2) is 9.08. The van der Waals surface area contributed by atoms with E-state index >= 15 is 0 Å². The molecule has 0 bridgehead atoms. The smallest absolute Gasteiger partial charge is 0.306 e. The van der Waals surface area contributed by atoms with Crippen LogP contribution in [0.2, 0.25) is 0 Å². The highest BCUT2D eigenvalue weighted by Crippen LogP contribution is 2.21. The van der Waals surface area contributed by atoms with Gasteiger partial charge in [-0.05, 0) is 47.0 Å². The number of fused-ring (bicyclic) bond motifs is 1. The van der Waals surface area contributed by atoms with Crippen LogP contribution in [-0.4, -0.2) is 23.9 Å². The second-order valence-corrected chi connectivity index (χ2v) is 9.74. The molecule has 1 amide bonds. The Balaban J connectivity index is 1.42. The fourth-order valence-electron chi connectivity index (χ4n) is 3.91. The largest absolute Gasteiger partial charge is 0.326 e. The van der Waals surface area contributed by atoms with Crippen molar-refractivity contribution in [3.8, 4) is 11.1 Å². The van der Waals surface area contributed by atoms with Gasteiger partial charge >= 0.3 is 5.69 Å². The van der Waals surface area contributed by atoms with E-state index in [0.29, 0.717) is 17.6 Å². The zero-order chi connectivity index (χ0) is 24.4. The Morgan fingerprint density at radius 1 is 0.800 bits per heavy atom. The molecule has 0 fully saturated rings. The van der Waals surface area contributed by atoms with Crippen LogP contribution < -0.4 is 10.4 Å². The van der Waals surface area contributed by atoms with Gasteiger partial charge in [0.1, 0.15) is 0 Å². The molecule has 0 unspecified atom stereocenters. The molecule has 0 aliphatic carbocycles. The molecule has 1 heterocycles. The minimum absolute atomic E-state index is 0.00747. The fourth-order valence-corrected chi connectivity index (χ4v) is 4.90. The highest BCUT2D eigenvalue weighted by atomic mass is 32.2. The van der Waals surface area contributed by atoms with Crippen LogP contribution in [0.25, 0.3) is 22.2 Å². The van der Waals surface area contributed by atoms with Crippen LogP contribution in [0.1, 0.15) is 15.9 Å². The van der Waals surface area contributed by atoms with Gasteiger partial charge in [0, 0.05) is 5.56 Å². The number of carbonyl (C=O) groups excluding carboxylic acids is 1. The van der Waals surface area contributed by atoms with E-state index in [2.05, 4.69) is 9.71 Å². The number of sulfonamides is 1. The van der Waals surface area contributed by atoms with Crippen LogP contribution in [0, 0.1) is 0 Å². The molecule has 0 atom stereocenters. The van der Waals surface area contributed by atoms with Gasteiger partial charge in [-0.2, -0.15) is 0 Å². The first-order chi connectivity index (χ1) is 16.9. The van der Waals surface area contributed by atoms with Crippen molar-refractivity contribution in [1.82, 2.24) is 14.3 Å². The Kier molecular flexibility index (Phi) is 5.80. The van der Waals surface area contributed by atoms with Gasteiger partial charge in [0.25, 0.3) is 15.9 Å². The van der Waals surface area contributed by atoms with Crippen molar-refractivity contribution < 1.29 is 13.2 Å². The second-order valence-electron chi connectivity index (χ2n) is 8.06. The molecule has 4 aromatic carbocycles. The molecule has 5 aromatic rings. The van der Waals surface area contributed by atoms with Crippen LogP contribution in [-0.2, 0) is 16.6 Å². The van der Waals surface area contributed by atoms with Crippen molar-refractivity contribution in [2.24, 2.45) is 0 Å². The predicted molar refractivity (Wildman–Crippen MR) is 135 cm³/mol. The molecule has 5 rings (SSSR count). The average Bonchev–Trinajstić information content (AvgIpc) is 3.19. The number of rotatable bonds is 6. The van der Waals surface area contributed by atoms with Gasteiger partial charge in [0.2, 0.25) is 0 Å². The van der Waals surface area contributed by atoms with Crippen LogP contribution in [0.4, 0.5) is 0 Å². The topological polar surface area (TPSA) is 101 Å². The molecule has 7 nitrogen and oxygen atoms in total. The van der Waals surface area contributed by atoms with E-state index in [1.165, 1.54) is 28.8 Å². The van der Waals surface area contributed by atoms with E-state index in [1.54, 1.807) is 24.3 Å². The van der Waals surface area contributed by atoms with Gasteiger partial charge in [-0.3, -0.25) is 9.36 Å². The number of aromatic amines is 1. The van der Waals surface area contributed by atoms with E-state index in [-0.39, 0.29) is 16.1 Å². The predicted octanol–water partition coefficient (Wildman–Crippen LogP) is 4.16. The van der Waals surface area contributed by atoms with Crippen LogP contribution in [0.5, 0.6) is 0 Å². The summed E-state index contributed by atoms with van der Waals surface area (Å²) in [5, 5.41) is 0. The van der Waals surface area contributed by atoms with Crippen molar-refractivity contribution in [2.45, 2.75) is 11.4 Å². The summed E-state index contributed by atoms with van der Waals surface area (Å²) in [6.45, 7) is 0.293. The monoisotopic (exact) mass is 483 g/mol. The molecule has 0 saturated heterocycles. The maximum absolute atomic E-state index is 12.7. The third-order valence-corrected chi connectivity index (χ3v) is 7.07. The van der Waals surface area contributed by atoms with E-state index < -0.39 is 15.9 Å². The van der Waals surface area contributed by atoms with Crippen LogP contribution in [0.15, 0.2) is 113 Å². The Morgan fingerprint density at radius 3 is 2.11 bits per heavy atom. The average molecular weight is 484 g/mol. The van der Waals surface area contributed by atoms with E-state index in [1.807, 2.05) is 54.6 Å². The zero-order valence-corrected chi connectivity index (χ0v) is 19.3.